The summed E-state index contributed by atoms with van der Waals surface area (Å²) in [6.07, 6.45) is 2.51. The first-order valence-electron chi connectivity index (χ1n) is 10.3. The van der Waals surface area contributed by atoms with Gasteiger partial charge in [0.05, 0.1) is 26.0 Å². The molecule has 2 aromatic heterocycles. The van der Waals surface area contributed by atoms with Crippen molar-refractivity contribution in [3.05, 3.63) is 46.5 Å². The number of amides is 1. The van der Waals surface area contributed by atoms with E-state index in [0.29, 0.717) is 26.2 Å². The summed E-state index contributed by atoms with van der Waals surface area (Å²) in [6, 6.07) is 8.05. The van der Waals surface area contributed by atoms with Crippen molar-refractivity contribution in [1.29, 1.82) is 0 Å². The summed E-state index contributed by atoms with van der Waals surface area (Å²) < 4.78 is 10.4. The molecule has 0 atom stereocenters. The van der Waals surface area contributed by atoms with Crippen molar-refractivity contribution in [2.24, 2.45) is 4.99 Å². The predicted molar refractivity (Wildman–Crippen MR) is 134 cm³/mol. The fraction of sp³-hybridized carbons (Fsp3) is 0.524. The summed E-state index contributed by atoms with van der Waals surface area (Å²) in [5, 5.41) is 8.44. The van der Waals surface area contributed by atoms with Crippen LogP contribution in [0.15, 0.2) is 45.3 Å². The Morgan fingerprint density at radius 2 is 2.03 bits per heavy atom. The van der Waals surface area contributed by atoms with Crippen LogP contribution in [0.1, 0.15) is 10.6 Å². The van der Waals surface area contributed by atoms with Gasteiger partial charge in [-0.25, -0.2) is 4.99 Å². The van der Waals surface area contributed by atoms with Crippen LogP contribution < -0.4 is 10.6 Å². The number of ether oxygens (including phenoxy) is 1. The first kappa shape index (κ1) is 25.6. The Bertz CT molecular complexity index is 762. The third-order valence-corrected chi connectivity index (χ3v) is 5.73. The highest BCUT2D eigenvalue weighted by Crippen LogP contribution is 2.11. The molecule has 0 unspecified atom stereocenters. The number of carbonyl (C=O) groups is 1. The van der Waals surface area contributed by atoms with Gasteiger partial charge in [-0.05, 0) is 23.6 Å². The van der Waals surface area contributed by atoms with Crippen molar-refractivity contribution in [3.63, 3.8) is 0 Å². The van der Waals surface area contributed by atoms with Crippen molar-refractivity contribution in [3.8, 4) is 0 Å². The van der Waals surface area contributed by atoms with E-state index in [0.717, 1.165) is 50.9 Å². The highest BCUT2D eigenvalue weighted by Gasteiger charge is 2.21. The first-order valence-corrected chi connectivity index (χ1v) is 11.2. The molecular formula is C21H32IN5O3S. The average Bonchev–Trinajstić information content (AvgIpc) is 3.46. The van der Waals surface area contributed by atoms with E-state index >= 15 is 0 Å². The lowest BCUT2D eigenvalue weighted by atomic mass is 10.3. The molecule has 1 saturated heterocycles. The number of rotatable bonds is 10. The quantitative estimate of drug-likeness (QED) is 0.200. The summed E-state index contributed by atoms with van der Waals surface area (Å²) >= 11 is 1.72. The van der Waals surface area contributed by atoms with Gasteiger partial charge in [-0.1, -0.05) is 6.07 Å². The number of nitrogens with one attached hydrogen (secondary N) is 2. The van der Waals surface area contributed by atoms with Crippen LogP contribution in [-0.2, 0) is 22.5 Å². The lowest BCUT2D eigenvalue weighted by molar-refractivity contribution is -0.122. The lowest BCUT2D eigenvalue weighted by Gasteiger charge is -2.36. The van der Waals surface area contributed by atoms with Crippen LogP contribution in [-0.4, -0.2) is 81.2 Å². The van der Waals surface area contributed by atoms with E-state index < -0.39 is 0 Å². The number of thiophene rings is 1. The van der Waals surface area contributed by atoms with Crippen molar-refractivity contribution < 1.29 is 13.9 Å². The molecule has 0 spiro atoms. The topological polar surface area (TPSA) is 82.3 Å². The molecule has 2 N–H and O–H groups in total. The summed E-state index contributed by atoms with van der Waals surface area (Å²) in [5.74, 6) is 1.92. The highest BCUT2D eigenvalue weighted by atomic mass is 127. The first-order chi connectivity index (χ1) is 14.7. The van der Waals surface area contributed by atoms with Crippen LogP contribution in [0.3, 0.4) is 0 Å². The molecule has 2 aromatic rings. The summed E-state index contributed by atoms with van der Waals surface area (Å²) in [5.41, 5.74) is 0. The zero-order valence-corrected chi connectivity index (χ0v) is 21.1. The molecule has 0 aliphatic carbocycles. The van der Waals surface area contributed by atoms with Crippen molar-refractivity contribution in [2.75, 3.05) is 59.5 Å². The number of hydrogen-bond donors (Lipinski definition) is 2. The highest BCUT2D eigenvalue weighted by molar-refractivity contribution is 14.0. The Morgan fingerprint density at radius 1 is 1.19 bits per heavy atom. The zero-order chi connectivity index (χ0) is 21.0. The van der Waals surface area contributed by atoms with Gasteiger partial charge in [0, 0.05) is 57.7 Å². The maximum absolute atomic E-state index is 12.0. The molecule has 3 heterocycles. The molecule has 8 nitrogen and oxygen atoms in total. The van der Waals surface area contributed by atoms with E-state index in [9.17, 15) is 4.79 Å². The standard InChI is InChI=1S/C21H31N5O3S.HI/c1-28-14-8-22-20(27)17-25-9-11-26(12-10-25)21(24-16-19-5-3-15-30-19)23-7-6-18-4-2-13-29-18;/h2-5,13,15H,6-12,14,16-17H2,1H3,(H,22,27)(H,23,24);1H. The zero-order valence-electron chi connectivity index (χ0n) is 17.9. The minimum absolute atomic E-state index is 0. The molecule has 0 bridgehead atoms. The van der Waals surface area contributed by atoms with Crippen LogP contribution in [0.4, 0.5) is 0 Å². The van der Waals surface area contributed by atoms with E-state index in [1.54, 1.807) is 24.7 Å². The molecular weight excluding hydrogens is 529 g/mol. The predicted octanol–water partition coefficient (Wildman–Crippen LogP) is 2.03. The van der Waals surface area contributed by atoms with Gasteiger partial charge in [0.25, 0.3) is 0 Å². The molecule has 1 aliphatic heterocycles. The van der Waals surface area contributed by atoms with Gasteiger partial charge in [0.2, 0.25) is 5.91 Å². The maximum atomic E-state index is 12.0. The molecule has 31 heavy (non-hydrogen) atoms. The summed E-state index contributed by atoms with van der Waals surface area (Å²) in [6.45, 7) is 6.27. The maximum Gasteiger partial charge on any atom is 0.234 e. The molecule has 10 heteroatoms. The number of nitrogens with zero attached hydrogens (tertiary/aromatic N) is 3. The van der Waals surface area contributed by atoms with Gasteiger partial charge in [-0.2, -0.15) is 0 Å². The largest absolute Gasteiger partial charge is 0.469 e. The van der Waals surface area contributed by atoms with E-state index in [4.69, 9.17) is 14.1 Å². The number of carbonyl (C=O) groups excluding carboxylic acids is 1. The van der Waals surface area contributed by atoms with E-state index in [-0.39, 0.29) is 29.9 Å². The van der Waals surface area contributed by atoms with Gasteiger partial charge >= 0.3 is 0 Å². The van der Waals surface area contributed by atoms with Crippen molar-refractivity contribution >= 4 is 47.2 Å². The number of hydrogen-bond acceptors (Lipinski definition) is 6. The minimum atomic E-state index is 0. The second-order valence-electron chi connectivity index (χ2n) is 7.08. The number of halogens is 1. The Balaban J connectivity index is 0.00000341. The number of piperazine rings is 1. The molecule has 0 aromatic carbocycles. The molecule has 1 aliphatic rings. The van der Waals surface area contributed by atoms with Crippen LogP contribution in [0.5, 0.6) is 0 Å². The number of guanidine groups is 1. The SMILES string of the molecule is COCCNC(=O)CN1CCN(C(=NCc2cccs2)NCCc2ccco2)CC1.I. The molecule has 3 rings (SSSR count). The third kappa shape index (κ3) is 9.17. The average molecular weight is 561 g/mol. The van der Waals surface area contributed by atoms with Crippen molar-refractivity contribution in [1.82, 2.24) is 20.4 Å². The fourth-order valence-electron chi connectivity index (χ4n) is 3.24. The minimum Gasteiger partial charge on any atom is -0.469 e. The van der Waals surface area contributed by atoms with E-state index in [1.807, 2.05) is 12.1 Å². The van der Waals surface area contributed by atoms with Gasteiger partial charge in [0.1, 0.15) is 5.76 Å². The van der Waals surface area contributed by atoms with Gasteiger partial charge in [-0.3, -0.25) is 9.69 Å². The second-order valence-corrected chi connectivity index (χ2v) is 8.11. The smallest absolute Gasteiger partial charge is 0.234 e. The van der Waals surface area contributed by atoms with Crippen LogP contribution in [0.2, 0.25) is 0 Å². The molecule has 1 amide bonds. The Hall–Kier alpha value is -1.63. The van der Waals surface area contributed by atoms with Crippen LogP contribution in [0, 0.1) is 0 Å². The summed E-state index contributed by atoms with van der Waals surface area (Å²) in [4.78, 5) is 22.6. The molecule has 1 fully saturated rings. The molecule has 0 radical (unpaired) electrons. The van der Waals surface area contributed by atoms with E-state index in [1.165, 1.54) is 4.88 Å². The Kier molecular flexibility index (Phi) is 11.9. The Morgan fingerprint density at radius 3 is 2.71 bits per heavy atom. The Labute approximate surface area is 205 Å². The molecule has 172 valence electrons. The normalized spacial score (nSPS) is 14.9. The lowest BCUT2D eigenvalue weighted by Crippen LogP contribution is -2.54. The van der Waals surface area contributed by atoms with Crippen LogP contribution >= 0.6 is 35.3 Å². The fourth-order valence-corrected chi connectivity index (χ4v) is 3.87. The molecule has 0 saturated carbocycles. The van der Waals surface area contributed by atoms with Gasteiger partial charge in [0.15, 0.2) is 5.96 Å². The number of furan rings is 1. The van der Waals surface area contributed by atoms with Gasteiger partial charge < -0.3 is 24.7 Å². The number of methoxy groups -OCH3 is 1. The van der Waals surface area contributed by atoms with Gasteiger partial charge in [-0.15, -0.1) is 35.3 Å². The van der Waals surface area contributed by atoms with E-state index in [2.05, 4.69) is 37.9 Å². The van der Waals surface area contributed by atoms with Crippen LogP contribution in [0.25, 0.3) is 0 Å². The second kappa shape index (κ2) is 14.4. The third-order valence-electron chi connectivity index (χ3n) is 4.87. The monoisotopic (exact) mass is 561 g/mol. The van der Waals surface area contributed by atoms with Crippen molar-refractivity contribution in [2.45, 2.75) is 13.0 Å². The summed E-state index contributed by atoms with van der Waals surface area (Å²) in [7, 11) is 1.63. The number of aliphatic imine (C=N–C) groups is 1.